The van der Waals surface area contributed by atoms with Gasteiger partial charge in [-0.15, -0.1) is 11.3 Å². The van der Waals surface area contributed by atoms with Crippen LogP contribution in [0.15, 0.2) is 45.7 Å². The van der Waals surface area contributed by atoms with Crippen molar-refractivity contribution in [2.24, 2.45) is 5.92 Å². The number of piperidine rings is 1. The Bertz CT molecular complexity index is 1000. The van der Waals surface area contributed by atoms with Crippen LogP contribution >= 0.6 is 22.7 Å². The molecule has 1 N–H and O–H groups in total. The van der Waals surface area contributed by atoms with Crippen LogP contribution in [0.1, 0.15) is 52.4 Å². The summed E-state index contributed by atoms with van der Waals surface area (Å²) >= 11 is 3.23. The molecule has 0 spiro atoms. The molecule has 1 saturated heterocycles. The van der Waals surface area contributed by atoms with Gasteiger partial charge in [-0.25, -0.2) is 0 Å². The molecule has 1 amide bonds. The Kier molecular flexibility index (Phi) is 6.89. The van der Waals surface area contributed by atoms with Gasteiger partial charge >= 0.3 is 5.97 Å². The maximum atomic E-state index is 12.6. The van der Waals surface area contributed by atoms with E-state index < -0.39 is 0 Å². The molecule has 8 heteroatoms. The number of aryl methyl sites for hydroxylation is 1. The van der Waals surface area contributed by atoms with E-state index >= 15 is 0 Å². The SMILES string of the molecule is CCOC(=O)C1CCN([C@@H](c2ccsc2)c2cc(C)sc2NC(=O)c2ccco2)CC1. The van der Waals surface area contributed by atoms with Crippen LogP contribution in [-0.4, -0.2) is 36.5 Å². The lowest BCUT2D eigenvalue weighted by atomic mass is 9.92. The van der Waals surface area contributed by atoms with E-state index in [2.05, 4.69) is 33.1 Å². The summed E-state index contributed by atoms with van der Waals surface area (Å²) in [7, 11) is 0. The number of hydrogen-bond donors (Lipinski definition) is 1. The zero-order chi connectivity index (χ0) is 21.8. The van der Waals surface area contributed by atoms with Crippen molar-refractivity contribution in [2.75, 3.05) is 25.0 Å². The van der Waals surface area contributed by atoms with E-state index in [4.69, 9.17) is 9.15 Å². The van der Waals surface area contributed by atoms with Crippen LogP contribution in [-0.2, 0) is 9.53 Å². The van der Waals surface area contributed by atoms with E-state index in [0.29, 0.717) is 12.4 Å². The number of nitrogens with one attached hydrogen (secondary N) is 1. The van der Waals surface area contributed by atoms with Crippen molar-refractivity contribution in [3.63, 3.8) is 0 Å². The number of anilines is 1. The summed E-state index contributed by atoms with van der Waals surface area (Å²) in [5.41, 5.74) is 2.28. The molecule has 4 heterocycles. The van der Waals surface area contributed by atoms with E-state index in [9.17, 15) is 9.59 Å². The summed E-state index contributed by atoms with van der Waals surface area (Å²) in [6.45, 7) is 5.91. The highest BCUT2D eigenvalue weighted by Crippen LogP contribution is 2.41. The van der Waals surface area contributed by atoms with Gasteiger partial charge in [0.05, 0.1) is 24.8 Å². The van der Waals surface area contributed by atoms with Crippen molar-refractivity contribution >= 4 is 39.6 Å². The maximum Gasteiger partial charge on any atom is 0.309 e. The average Bonchev–Trinajstić information content (AvgIpc) is 3.52. The summed E-state index contributed by atoms with van der Waals surface area (Å²) in [6, 6.07) is 7.68. The smallest absolute Gasteiger partial charge is 0.309 e. The minimum atomic E-state index is -0.252. The fourth-order valence-corrected chi connectivity index (χ4v) is 5.70. The third-order valence-electron chi connectivity index (χ3n) is 5.52. The number of carbonyl (C=O) groups excluding carboxylic acids is 2. The molecule has 1 fully saturated rings. The summed E-state index contributed by atoms with van der Waals surface area (Å²) < 4.78 is 10.5. The van der Waals surface area contributed by atoms with Gasteiger partial charge in [0.25, 0.3) is 5.91 Å². The quantitative estimate of drug-likeness (QED) is 0.485. The van der Waals surface area contributed by atoms with Gasteiger partial charge in [0.1, 0.15) is 5.00 Å². The van der Waals surface area contributed by atoms with Crippen molar-refractivity contribution < 1.29 is 18.7 Å². The third kappa shape index (κ3) is 4.92. The molecule has 0 radical (unpaired) electrons. The van der Waals surface area contributed by atoms with E-state index in [1.807, 2.05) is 13.8 Å². The Hall–Kier alpha value is -2.42. The molecule has 3 aromatic heterocycles. The van der Waals surface area contributed by atoms with Crippen LogP contribution in [0.3, 0.4) is 0 Å². The number of hydrogen-bond acceptors (Lipinski definition) is 7. The molecular formula is C23H26N2O4S2. The topological polar surface area (TPSA) is 71.8 Å². The van der Waals surface area contributed by atoms with Crippen molar-refractivity contribution in [2.45, 2.75) is 32.7 Å². The Morgan fingerprint density at radius 3 is 2.77 bits per heavy atom. The number of amides is 1. The number of ether oxygens (including phenoxy) is 1. The van der Waals surface area contributed by atoms with Gasteiger partial charge in [0, 0.05) is 10.4 Å². The number of furan rings is 1. The number of esters is 1. The number of thiophene rings is 2. The average molecular weight is 459 g/mol. The second-order valence-electron chi connectivity index (χ2n) is 7.59. The number of carbonyl (C=O) groups is 2. The molecule has 0 bridgehead atoms. The van der Waals surface area contributed by atoms with Crippen molar-refractivity contribution in [3.8, 4) is 0 Å². The first-order valence-corrected chi connectivity index (χ1v) is 12.2. The predicted molar refractivity (Wildman–Crippen MR) is 123 cm³/mol. The molecular weight excluding hydrogens is 432 g/mol. The molecule has 6 nitrogen and oxygen atoms in total. The lowest BCUT2D eigenvalue weighted by molar-refractivity contribution is -0.149. The van der Waals surface area contributed by atoms with E-state index in [0.717, 1.165) is 41.4 Å². The molecule has 4 rings (SSSR count). The van der Waals surface area contributed by atoms with Crippen LogP contribution in [0.25, 0.3) is 0 Å². The first-order chi connectivity index (χ1) is 15.1. The van der Waals surface area contributed by atoms with Gasteiger partial charge in [0.15, 0.2) is 5.76 Å². The fourth-order valence-electron chi connectivity index (χ4n) is 4.08. The molecule has 0 unspecified atom stereocenters. The Labute approximate surface area is 189 Å². The second kappa shape index (κ2) is 9.80. The van der Waals surface area contributed by atoms with E-state index in [-0.39, 0.29) is 23.8 Å². The molecule has 3 aromatic rings. The van der Waals surface area contributed by atoms with Gasteiger partial charge in [-0.3, -0.25) is 14.5 Å². The Morgan fingerprint density at radius 1 is 1.32 bits per heavy atom. The number of nitrogens with zero attached hydrogens (tertiary/aromatic N) is 1. The molecule has 1 aliphatic heterocycles. The van der Waals surface area contributed by atoms with Gasteiger partial charge in [-0.1, -0.05) is 0 Å². The predicted octanol–water partition coefficient (Wildman–Crippen LogP) is 5.33. The van der Waals surface area contributed by atoms with Crippen LogP contribution < -0.4 is 5.32 Å². The molecule has 164 valence electrons. The fraction of sp³-hybridized carbons (Fsp3) is 0.391. The zero-order valence-electron chi connectivity index (χ0n) is 17.6. The first kappa shape index (κ1) is 21.8. The zero-order valence-corrected chi connectivity index (χ0v) is 19.3. The number of likely N-dealkylation sites (tertiary alicyclic amines) is 1. The lowest BCUT2D eigenvalue weighted by Crippen LogP contribution is -2.39. The minimum Gasteiger partial charge on any atom is -0.466 e. The molecule has 0 saturated carbocycles. The molecule has 0 aliphatic carbocycles. The van der Waals surface area contributed by atoms with Crippen molar-refractivity contribution in [1.29, 1.82) is 0 Å². The van der Waals surface area contributed by atoms with Gasteiger partial charge in [-0.2, -0.15) is 11.3 Å². The van der Waals surface area contributed by atoms with Crippen LogP contribution in [0.5, 0.6) is 0 Å². The summed E-state index contributed by atoms with van der Waals surface area (Å²) in [4.78, 5) is 28.3. The largest absolute Gasteiger partial charge is 0.466 e. The van der Waals surface area contributed by atoms with Crippen molar-refractivity contribution in [3.05, 3.63) is 63.1 Å². The highest BCUT2D eigenvalue weighted by molar-refractivity contribution is 7.16. The summed E-state index contributed by atoms with van der Waals surface area (Å²) in [5.74, 6) is -0.0915. The van der Waals surface area contributed by atoms with Crippen LogP contribution in [0.2, 0.25) is 0 Å². The molecule has 1 aliphatic rings. The Balaban J connectivity index is 1.58. The van der Waals surface area contributed by atoms with Crippen LogP contribution in [0.4, 0.5) is 5.00 Å². The normalized spacial score (nSPS) is 16.2. The highest BCUT2D eigenvalue weighted by Gasteiger charge is 2.33. The summed E-state index contributed by atoms with van der Waals surface area (Å²) in [5, 5.41) is 8.12. The van der Waals surface area contributed by atoms with Gasteiger partial charge in [-0.05, 0) is 80.4 Å². The Morgan fingerprint density at radius 2 is 2.13 bits per heavy atom. The maximum absolute atomic E-state index is 12.6. The highest BCUT2D eigenvalue weighted by atomic mass is 32.1. The second-order valence-corrected chi connectivity index (χ2v) is 9.63. The standard InChI is InChI=1S/C23H26N2O4S2/c1-3-28-23(27)16-6-9-25(10-7-16)20(17-8-12-30-14-17)18-13-15(2)31-22(18)24-21(26)19-5-4-11-29-19/h4-5,8,11-14,16,20H,3,6-7,9-10H2,1-2H3,(H,24,26)/t20-/m0/s1. The third-order valence-corrected chi connectivity index (χ3v) is 7.21. The first-order valence-electron chi connectivity index (χ1n) is 10.4. The summed E-state index contributed by atoms with van der Waals surface area (Å²) in [6.07, 6.45) is 3.05. The minimum absolute atomic E-state index is 0.0197. The van der Waals surface area contributed by atoms with Gasteiger partial charge in [0.2, 0.25) is 0 Å². The van der Waals surface area contributed by atoms with Gasteiger partial charge < -0.3 is 14.5 Å². The monoisotopic (exact) mass is 458 g/mol. The molecule has 31 heavy (non-hydrogen) atoms. The number of rotatable bonds is 7. The van der Waals surface area contributed by atoms with Crippen molar-refractivity contribution in [1.82, 2.24) is 4.90 Å². The van der Waals surface area contributed by atoms with E-state index in [1.54, 1.807) is 34.8 Å². The lowest BCUT2D eigenvalue weighted by Gasteiger charge is -2.37. The molecule has 0 aromatic carbocycles. The molecule has 1 atom stereocenters. The van der Waals surface area contributed by atoms with Crippen LogP contribution in [0, 0.1) is 12.8 Å². The van der Waals surface area contributed by atoms with E-state index in [1.165, 1.54) is 11.8 Å².